The lowest BCUT2D eigenvalue weighted by molar-refractivity contribution is -0.141. The molecule has 0 bridgehead atoms. The van der Waals surface area contributed by atoms with Gasteiger partial charge in [-0.15, -0.1) is 0 Å². The van der Waals surface area contributed by atoms with Crippen molar-refractivity contribution in [3.8, 4) is 0 Å². The molecule has 0 saturated carbocycles. The molecule has 186 valence electrons. The molecular weight excluding hydrogens is 442 g/mol. The van der Waals surface area contributed by atoms with E-state index in [2.05, 4.69) is 5.32 Å². The minimum absolute atomic E-state index is 0.0155. The highest BCUT2D eigenvalue weighted by atomic mass is 16.2. The summed E-state index contributed by atoms with van der Waals surface area (Å²) in [6, 6.07) is 14.1. The average Bonchev–Trinajstić information content (AvgIpc) is 3.09. The predicted molar refractivity (Wildman–Crippen MR) is 135 cm³/mol. The molecule has 35 heavy (non-hydrogen) atoms. The smallest absolute Gasteiger partial charge is 0.261 e. The predicted octanol–water partition coefficient (Wildman–Crippen LogP) is 4.09. The van der Waals surface area contributed by atoms with Gasteiger partial charge in [0.1, 0.15) is 6.04 Å². The van der Waals surface area contributed by atoms with Crippen LogP contribution in [0.4, 0.5) is 0 Å². The molecule has 0 saturated heterocycles. The number of fused-ring (bicyclic) bond motifs is 1. The van der Waals surface area contributed by atoms with E-state index in [4.69, 9.17) is 0 Å². The molecule has 3 rings (SSSR count). The van der Waals surface area contributed by atoms with Crippen molar-refractivity contribution in [3.05, 3.63) is 70.8 Å². The van der Waals surface area contributed by atoms with Crippen LogP contribution in [0.5, 0.6) is 0 Å². The van der Waals surface area contributed by atoms with Crippen LogP contribution >= 0.6 is 0 Å². The minimum Gasteiger partial charge on any atom is -0.352 e. The molecular formula is C28H35N3O4. The van der Waals surface area contributed by atoms with Crippen LogP contribution in [0.15, 0.2) is 48.5 Å². The van der Waals surface area contributed by atoms with Gasteiger partial charge in [-0.05, 0) is 50.8 Å². The van der Waals surface area contributed by atoms with Crippen molar-refractivity contribution in [2.24, 2.45) is 0 Å². The highest BCUT2D eigenvalue weighted by Crippen LogP contribution is 2.23. The first-order valence-corrected chi connectivity index (χ1v) is 12.4. The summed E-state index contributed by atoms with van der Waals surface area (Å²) in [4.78, 5) is 54.5. The van der Waals surface area contributed by atoms with E-state index in [1.165, 1.54) is 4.90 Å². The number of carbonyl (C=O) groups is 4. The van der Waals surface area contributed by atoms with Gasteiger partial charge in [-0.25, -0.2) is 0 Å². The third kappa shape index (κ3) is 6.15. The second-order valence-corrected chi connectivity index (χ2v) is 9.16. The van der Waals surface area contributed by atoms with Crippen molar-refractivity contribution in [1.82, 2.24) is 15.1 Å². The Bertz CT molecular complexity index is 1040. The number of rotatable bonds is 11. The fourth-order valence-electron chi connectivity index (χ4n) is 4.23. The molecule has 1 N–H and O–H groups in total. The fraction of sp³-hybridized carbons (Fsp3) is 0.429. The molecule has 7 nitrogen and oxygen atoms in total. The van der Waals surface area contributed by atoms with Gasteiger partial charge in [0.25, 0.3) is 11.8 Å². The molecule has 2 aromatic rings. The molecule has 0 aliphatic carbocycles. The maximum Gasteiger partial charge on any atom is 0.261 e. The maximum absolute atomic E-state index is 13.4. The number of nitrogens with one attached hydrogen (secondary N) is 1. The number of hydrogen-bond donors (Lipinski definition) is 1. The molecule has 0 fully saturated rings. The Morgan fingerprint density at radius 2 is 1.54 bits per heavy atom. The van der Waals surface area contributed by atoms with Gasteiger partial charge in [0, 0.05) is 25.6 Å². The maximum atomic E-state index is 13.4. The summed E-state index contributed by atoms with van der Waals surface area (Å²) in [5.74, 6) is -0.987. The van der Waals surface area contributed by atoms with Gasteiger partial charge < -0.3 is 10.2 Å². The normalized spacial score (nSPS) is 14.5. The molecule has 1 aliphatic heterocycles. The van der Waals surface area contributed by atoms with Gasteiger partial charge >= 0.3 is 0 Å². The van der Waals surface area contributed by atoms with E-state index in [1.807, 2.05) is 52.0 Å². The van der Waals surface area contributed by atoms with Crippen molar-refractivity contribution >= 4 is 23.6 Å². The molecule has 2 aromatic carbocycles. The van der Waals surface area contributed by atoms with E-state index in [9.17, 15) is 19.2 Å². The lowest BCUT2D eigenvalue weighted by Gasteiger charge is -2.31. The number of benzene rings is 2. The van der Waals surface area contributed by atoms with Crippen molar-refractivity contribution in [2.45, 2.75) is 72.0 Å². The molecule has 0 aromatic heterocycles. The summed E-state index contributed by atoms with van der Waals surface area (Å²) in [5.41, 5.74) is 2.86. The number of aryl methyl sites for hydroxylation is 1. The zero-order valence-electron chi connectivity index (χ0n) is 21.0. The van der Waals surface area contributed by atoms with Crippen LogP contribution in [-0.4, -0.2) is 52.1 Å². The Kier molecular flexibility index (Phi) is 8.79. The first-order valence-electron chi connectivity index (χ1n) is 12.4. The third-order valence-electron chi connectivity index (χ3n) is 6.51. The standard InChI is InChI=1S/C28H35N3O4/c1-5-20(4)29-26(33)24(6-2)31(18-21-15-13-19(3)14-16-21)25(32)12-9-17-30-27(34)22-10-7-8-11-23(22)28(30)35/h7-8,10-11,13-16,20,24H,5-6,9,12,17-18H2,1-4H3,(H,29,33)/t20-,24+/m1/s1. The van der Waals surface area contributed by atoms with E-state index >= 15 is 0 Å². The summed E-state index contributed by atoms with van der Waals surface area (Å²) in [6.45, 7) is 8.32. The van der Waals surface area contributed by atoms with Gasteiger partial charge in [0.15, 0.2) is 0 Å². The van der Waals surface area contributed by atoms with Crippen LogP contribution in [0.2, 0.25) is 0 Å². The van der Waals surface area contributed by atoms with E-state index in [1.54, 1.807) is 29.2 Å². The first-order chi connectivity index (χ1) is 16.8. The van der Waals surface area contributed by atoms with E-state index < -0.39 is 6.04 Å². The van der Waals surface area contributed by atoms with E-state index in [-0.39, 0.29) is 42.6 Å². The number of hydrogen-bond acceptors (Lipinski definition) is 4. The number of nitrogens with zero attached hydrogens (tertiary/aromatic N) is 2. The molecule has 1 aliphatic rings. The molecule has 0 unspecified atom stereocenters. The van der Waals surface area contributed by atoms with Crippen LogP contribution in [0.25, 0.3) is 0 Å². The van der Waals surface area contributed by atoms with Gasteiger partial charge in [0.05, 0.1) is 11.1 Å². The van der Waals surface area contributed by atoms with Crippen LogP contribution in [0.3, 0.4) is 0 Å². The monoisotopic (exact) mass is 477 g/mol. The highest BCUT2D eigenvalue weighted by molar-refractivity contribution is 6.21. The first kappa shape index (κ1) is 26.1. The molecule has 0 spiro atoms. The topological polar surface area (TPSA) is 86.8 Å². The number of amides is 4. The zero-order chi connectivity index (χ0) is 25.5. The number of carbonyl (C=O) groups excluding carboxylic acids is 4. The highest BCUT2D eigenvalue weighted by Gasteiger charge is 2.35. The van der Waals surface area contributed by atoms with Gasteiger partial charge in [-0.2, -0.15) is 0 Å². The second kappa shape index (κ2) is 11.8. The van der Waals surface area contributed by atoms with Crippen molar-refractivity contribution in [1.29, 1.82) is 0 Å². The van der Waals surface area contributed by atoms with Crippen LogP contribution < -0.4 is 5.32 Å². The van der Waals surface area contributed by atoms with Crippen LogP contribution in [-0.2, 0) is 16.1 Å². The zero-order valence-corrected chi connectivity index (χ0v) is 21.0. The molecule has 1 heterocycles. The summed E-state index contributed by atoms with van der Waals surface area (Å²) >= 11 is 0. The van der Waals surface area contributed by atoms with Gasteiger partial charge in [0.2, 0.25) is 11.8 Å². The molecule has 2 atom stereocenters. The van der Waals surface area contributed by atoms with Crippen LogP contribution in [0, 0.1) is 6.92 Å². The Hall–Kier alpha value is -3.48. The lowest BCUT2D eigenvalue weighted by Crippen LogP contribution is -2.50. The molecule has 4 amide bonds. The van der Waals surface area contributed by atoms with Crippen molar-refractivity contribution in [3.63, 3.8) is 0 Å². The fourth-order valence-corrected chi connectivity index (χ4v) is 4.23. The third-order valence-corrected chi connectivity index (χ3v) is 6.51. The molecule has 0 radical (unpaired) electrons. The summed E-state index contributed by atoms with van der Waals surface area (Å²) in [5, 5.41) is 3.00. The van der Waals surface area contributed by atoms with E-state index in [0.29, 0.717) is 30.5 Å². The number of imide groups is 1. The Morgan fingerprint density at radius 3 is 2.09 bits per heavy atom. The van der Waals surface area contributed by atoms with Crippen molar-refractivity contribution in [2.75, 3.05) is 6.54 Å². The summed E-state index contributed by atoms with van der Waals surface area (Å²) in [6.07, 6.45) is 1.75. The van der Waals surface area contributed by atoms with Crippen molar-refractivity contribution < 1.29 is 19.2 Å². The second-order valence-electron chi connectivity index (χ2n) is 9.16. The quantitative estimate of drug-likeness (QED) is 0.494. The Morgan fingerprint density at radius 1 is 0.943 bits per heavy atom. The largest absolute Gasteiger partial charge is 0.352 e. The lowest BCUT2D eigenvalue weighted by atomic mass is 10.1. The Balaban J connectivity index is 1.71. The van der Waals surface area contributed by atoms with Gasteiger partial charge in [-0.3, -0.25) is 24.1 Å². The summed E-state index contributed by atoms with van der Waals surface area (Å²) in [7, 11) is 0. The summed E-state index contributed by atoms with van der Waals surface area (Å²) < 4.78 is 0. The molecule has 7 heteroatoms. The van der Waals surface area contributed by atoms with E-state index in [0.717, 1.165) is 17.5 Å². The average molecular weight is 478 g/mol. The van der Waals surface area contributed by atoms with Crippen LogP contribution in [0.1, 0.15) is 78.3 Å². The Labute approximate surface area is 207 Å². The van der Waals surface area contributed by atoms with Gasteiger partial charge in [-0.1, -0.05) is 55.8 Å². The SMILES string of the molecule is CC[C@@H](C)NC(=O)[C@H](CC)N(Cc1ccc(C)cc1)C(=O)CCCN1C(=O)c2ccccc2C1=O. The minimum atomic E-state index is -0.600.